The van der Waals surface area contributed by atoms with Crippen LogP contribution >= 0.6 is 12.2 Å². The normalized spacial score (nSPS) is 10.2. The van der Waals surface area contributed by atoms with Crippen LogP contribution in [0.25, 0.3) is 0 Å². The summed E-state index contributed by atoms with van der Waals surface area (Å²) < 4.78 is 10.9. The van der Waals surface area contributed by atoms with Crippen LogP contribution in [-0.2, 0) is 13.2 Å². The summed E-state index contributed by atoms with van der Waals surface area (Å²) in [6.45, 7) is 0.448. The molecule has 2 rings (SSSR count). The van der Waals surface area contributed by atoms with Crippen molar-refractivity contribution < 1.29 is 14.6 Å². The molecule has 0 aliphatic heterocycles. The first-order valence-electron chi connectivity index (χ1n) is 6.42. The third-order valence-corrected chi connectivity index (χ3v) is 3.25. The van der Waals surface area contributed by atoms with Crippen molar-refractivity contribution in [1.29, 1.82) is 0 Å². The molecule has 2 aromatic rings. The van der Waals surface area contributed by atoms with Gasteiger partial charge in [0.1, 0.15) is 23.1 Å². The van der Waals surface area contributed by atoms with E-state index in [2.05, 4.69) is 0 Å². The Labute approximate surface area is 129 Å². The van der Waals surface area contributed by atoms with E-state index in [4.69, 9.17) is 32.5 Å². The molecule has 0 saturated carbocycles. The molecule has 0 fully saturated rings. The van der Waals surface area contributed by atoms with Crippen LogP contribution in [0, 0.1) is 0 Å². The third kappa shape index (κ3) is 4.18. The molecule has 0 aromatic heterocycles. The molecule has 0 aliphatic rings. The number of nitrogens with two attached hydrogens (primary N) is 1. The van der Waals surface area contributed by atoms with E-state index in [0.717, 1.165) is 11.1 Å². The first kappa shape index (κ1) is 15.3. The molecule has 0 bridgehead atoms. The van der Waals surface area contributed by atoms with E-state index in [1.54, 1.807) is 25.3 Å². The van der Waals surface area contributed by atoms with Gasteiger partial charge in [0.05, 0.1) is 13.7 Å². The quantitative estimate of drug-likeness (QED) is 0.802. The van der Waals surface area contributed by atoms with Gasteiger partial charge in [-0.3, -0.25) is 0 Å². The van der Waals surface area contributed by atoms with Gasteiger partial charge in [0.15, 0.2) is 0 Å². The molecule has 0 heterocycles. The Kier molecular flexibility index (Phi) is 5.14. The van der Waals surface area contributed by atoms with E-state index >= 15 is 0 Å². The zero-order valence-corrected chi connectivity index (χ0v) is 12.5. The minimum Gasteiger partial charge on any atom is -0.497 e. The monoisotopic (exact) mass is 303 g/mol. The number of rotatable bonds is 6. The van der Waals surface area contributed by atoms with E-state index in [-0.39, 0.29) is 6.61 Å². The summed E-state index contributed by atoms with van der Waals surface area (Å²) in [4.78, 5) is 0.297. The maximum absolute atomic E-state index is 9.01. The van der Waals surface area contributed by atoms with Crippen molar-refractivity contribution in [3.63, 3.8) is 0 Å². The van der Waals surface area contributed by atoms with Crippen LogP contribution < -0.4 is 15.2 Å². The van der Waals surface area contributed by atoms with Crippen molar-refractivity contribution in [1.82, 2.24) is 0 Å². The fourth-order valence-corrected chi connectivity index (χ4v) is 1.94. The van der Waals surface area contributed by atoms with Crippen LogP contribution in [0.5, 0.6) is 11.5 Å². The van der Waals surface area contributed by atoms with Crippen LogP contribution in [0.1, 0.15) is 16.7 Å². The van der Waals surface area contributed by atoms with E-state index in [1.807, 2.05) is 24.3 Å². The van der Waals surface area contributed by atoms with Crippen molar-refractivity contribution >= 4 is 17.2 Å². The summed E-state index contributed by atoms with van der Waals surface area (Å²) in [5.74, 6) is 1.29. The molecule has 3 N–H and O–H groups in total. The topological polar surface area (TPSA) is 64.7 Å². The number of thiocarbonyl (C=S) groups is 1. The molecule has 2 aromatic carbocycles. The van der Waals surface area contributed by atoms with Gasteiger partial charge in [0, 0.05) is 11.6 Å². The first-order chi connectivity index (χ1) is 10.1. The highest BCUT2D eigenvalue weighted by molar-refractivity contribution is 7.80. The summed E-state index contributed by atoms with van der Waals surface area (Å²) in [5.41, 5.74) is 8.22. The number of hydrogen-bond donors (Lipinski definition) is 2. The Morgan fingerprint density at radius 2 is 1.71 bits per heavy atom. The van der Waals surface area contributed by atoms with Gasteiger partial charge in [-0.1, -0.05) is 36.5 Å². The molecule has 0 amide bonds. The lowest BCUT2D eigenvalue weighted by atomic mass is 10.1. The number of methoxy groups -OCH3 is 1. The number of ether oxygens (including phenoxy) is 2. The highest BCUT2D eigenvalue weighted by Gasteiger charge is 2.05. The second kappa shape index (κ2) is 7.06. The molecule has 0 atom stereocenters. The predicted molar refractivity (Wildman–Crippen MR) is 85.6 cm³/mol. The van der Waals surface area contributed by atoms with E-state index < -0.39 is 0 Å². The zero-order chi connectivity index (χ0) is 15.2. The molecule has 0 saturated heterocycles. The molecule has 110 valence electrons. The summed E-state index contributed by atoms with van der Waals surface area (Å²) in [6.07, 6.45) is 0. The van der Waals surface area contributed by atoms with Gasteiger partial charge >= 0.3 is 0 Å². The minimum atomic E-state index is 0.0360. The van der Waals surface area contributed by atoms with Crippen molar-refractivity contribution in [3.05, 3.63) is 59.2 Å². The zero-order valence-electron chi connectivity index (χ0n) is 11.7. The highest BCUT2D eigenvalue weighted by atomic mass is 32.1. The fraction of sp³-hybridized carbons (Fsp3) is 0.188. The number of benzene rings is 2. The molecule has 0 aliphatic carbocycles. The lowest BCUT2D eigenvalue weighted by Crippen LogP contribution is -2.09. The average molecular weight is 303 g/mol. The molecule has 5 heteroatoms. The maximum atomic E-state index is 9.01. The van der Waals surface area contributed by atoms with Gasteiger partial charge in [-0.15, -0.1) is 0 Å². The Morgan fingerprint density at radius 3 is 2.29 bits per heavy atom. The van der Waals surface area contributed by atoms with Gasteiger partial charge in [-0.05, 0) is 23.3 Å². The Bertz CT molecular complexity index is 626. The van der Waals surface area contributed by atoms with Crippen LogP contribution in [-0.4, -0.2) is 17.2 Å². The molecular weight excluding hydrogens is 286 g/mol. The van der Waals surface area contributed by atoms with Gasteiger partial charge in [0.25, 0.3) is 0 Å². The smallest absolute Gasteiger partial charge is 0.124 e. The van der Waals surface area contributed by atoms with Crippen molar-refractivity contribution in [2.75, 3.05) is 7.11 Å². The highest BCUT2D eigenvalue weighted by Crippen LogP contribution is 2.23. The van der Waals surface area contributed by atoms with Gasteiger partial charge in [0.2, 0.25) is 0 Å². The van der Waals surface area contributed by atoms with Gasteiger partial charge in [-0.25, -0.2) is 0 Å². The molecule has 0 radical (unpaired) electrons. The molecule has 4 nitrogen and oxygen atoms in total. The summed E-state index contributed by atoms with van der Waals surface area (Å²) >= 11 is 4.98. The van der Waals surface area contributed by atoms with Crippen molar-refractivity contribution in [2.24, 2.45) is 5.73 Å². The minimum absolute atomic E-state index is 0.0360. The average Bonchev–Trinajstić information content (AvgIpc) is 2.53. The molecule has 0 spiro atoms. The van der Waals surface area contributed by atoms with Gasteiger partial charge < -0.3 is 20.3 Å². The van der Waals surface area contributed by atoms with Crippen LogP contribution in [0.2, 0.25) is 0 Å². The largest absolute Gasteiger partial charge is 0.497 e. The van der Waals surface area contributed by atoms with E-state index in [9.17, 15) is 0 Å². The lowest BCUT2D eigenvalue weighted by Gasteiger charge is -2.10. The predicted octanol–water partition coefficient (Wildman–Crippen LogP) is 2.40. The second-order valence-corrected chi connectivity index (χ2v) is 4.96. The van der Waals surface area contributed by atoms with Crippen molar-refractivity contribution in [2.45, 2.75) is 13.2 Å². The standard InChI is InChI=1S/C16H17NO3S/c1-19-14-6-13(16(17)21)7-15(8-14)20-10-12-4-2-11(9-18)3-5-12/h2-8,18H,9-10H2,1H3,(H2,17,21). The van der Waals surface area contributed by atoms with E-state index in [0.29, 0.717) is 28.7 Å². The van der Waals surface area contributed by atoms with Crippen molar-refractivity contribution in [3.8, 4) is 11.5 Å². The van der Waals surface area contributed by atoms with E-state index in [1.165, 1.54) is 0 Å². The number of hydrogen-bond acceptors (Lipinski definition) is 4. The Balaban J connectivity index is 2.11. The van der Waals surface area contributed by atoms with Gasteiger partial charge in [-0.2, -0.15) is 0 Å². The fourth-order valence-electron chi connectivity index (χ4n) is 1.82. The van der Waals surface area contributed by atoms with Crippen LogP contribution in [0.4, 0.5) is 0 Å². The first-order valence-corrected chi connectivity index (χ1v) is 6.83. The number of aliphatic hydroxyl groups is 1. The Hall–Kier alpha value is -2.11. The second-order valence-electron chi connectivity index (χ2n) is 4.52. The number of aliphatic hydroxyl groups excluding tert-OH is 1. The Morgan fingerprint density at radius 1 is 1.10 bits per heavy atom. The third-order valence-electron chi connectivity index (χ3n) is 3.01. The lowest BCUT2D eigenvalue weighted by molar-refractivity contribution is 0.281. The summed E-state index contributed by atoms with van der Waals surface area (Å²) in [7, 11) is 1.58. The van der Waals surface area contributed by atoms with Crippen LogP contribution in [0.3, 0.4) is 0 Å². The van der Waals surface area contributed by atoms with Crippen LogP contribution in [0.15, 0.2) is 42.5 Å². The molecule has 0 unspecified atom stereocenters. The molecule has 21 heavy (non-hydrogen) atoms. The SMILES string of the molecule is COc1cc(OCc2ccc(CO)cc2)cc(C(N)=S)c1. The summed E-state index contributed by atoms with van der Waals surface area (Å²) in [5, 5.41) is 9.01. The summed E-state index contributed by atoms with van der Waals surface area (Å²) in [6, 6.07) is 12.9. The maximum Gasteiger partial charge on any atom is 0.124 e. The molecular formula is C16H17NO3S.